The maximum atomic E-state index is 13.3. The van der Waals surface area contributed by atoms with E-state index in [1.807, 2.05) is 24.3 Å². The van der Waals surface area contributed by atoms with Gasteiger partial charge in [-0.2, -0.15) is 28.2 Å². The van der Waals surface area contributed by atoms with E-state index >= 15 is 0 Å². The summed E-state index contributed by atoms with van der Waals surface area (Å²) in [5.74, 6) is 0.205. The smallest absolute Gasteiger partial charge is 0.356 e. The van der Waals surface area contributed by atoms with Gasteiger partial charge in [-0.25, -0.2) is 0 Å². The Morgan fingerprint density at radius 2 is 1.97 bits per heavy atom. The van der Waals surface area contributed by atoms with Gasteiger partial charge in [0, 0.05) is 24.1 Å². The average molecular weight is 472 g/mol. The van der Waals surface area contributed by atoms with Gasteiger partial charge in [0.15, 0.2) is 5.65 Å². The average Bonchev–Trinajstić information content (AvgIpc) is 3.00. The van der Waals surface area contributed by atoms with Crippen LogP contribution in [0.5, 0.6) is 0 Å². The van der Waals surface area contributed by atoms with E-state index in [-0.39, 0.29) is 17.8 Å². The van der Waals surface area contributed by atoms with Crippen molar-refractivity contribution < 1.29 is 13.2 Å². The van der Waals surface area contributed by atoms with Crippen LogP contribution in [0.4, 0.5) is 24.9 Å². The molecule has 2 heterocycles. The van der Waals surface area contributed by atoms with Gasteiger partial charge in [-0.15, -0.1) is 0 Å². The van der Waals surface area contributed by atoms with Crippen molar-refractivity contribution in [2.24, 2.45) is 12.8 Å². The molecule has 0 amide bonds. The lowest BCUT2D eigenvalue weighted by atomic mass is 10.1. The normalized spacial score (nSPS) is 13.5. The molecule has 3 aromatic rings. The fourth-order valence-electron chi connectivity index (χ4n) is 2.62. The third kappa shape index (κ3) is 4.61. The predicted molar refractivity (Wildman–Crippen MR) is 110 cm³/mol. The molecule has 0 spiro atoms. The van der Waals surface area contributed by atoms with Gasteiger partial charge in [-0.05, 0) is 31.5 Å². The molecule has 29 heavy (non-hydrogen) atoms. The number of rotatable bonds is 6. The van der Waals surface area contributed by atoms with E-state index in [9.17, 15) is 13.2 Å². The van der Waals surface area contributed by atoms with Crippen LogP contribution < -0.4 is 16.4 Å². The van der Waals surface area contributed by atoms with Gasteiger partial charge < -0.3 is 16.4 Å². The first kappa shape index (κ1) is 21.3. The maximum Gasteiger partial charge on any atom is 0.410 e. The molecule has 0 aliphatic carbocycles. The standard InChI is InChI=1S/C18H21BrF3N7/c1-17(2,18(20,21)22)28-14-12-8-25-29(3)15(12)27-16(26-14)24-9-13(23)10-5-4-6-11(19)7-10/h4-8,13H,9,23H2,1-3H3,(H2,24,26,27,28). The highest BCUT2D eigenvalue weighted by molar-refractivity contribution is 9.10. The summed E-state index contributed by atoms with van der Waals surface area (Å²) in [6, 6.07) is 7.20. The number of benzene rings is 1. The number of anilines is 2. The molecule has 0 radical (unpaired) electrons. The minimum Gasteiger partial charge on any atom is -0.356 e. The van der Waals surface area contributed by atoms with Crippen LogP contribution in [0.3, 0.4) is 0 Å². The minimum absolute atomic E-state index is 0.0453. The molecule has 0 saturated carbocycles. The molecule has 1 atom stereocenters. The molecule has 1 unspecified atom stereocenters. The molecule has 0 fully saturated rings. The number of nitrogens with zero attached hydrogens (tertiary/aromatic N) is 4. The van der Waals surface area contributed by atoms with Gasteiger partial charge in [0.1, 0.15) is 11.4 Å². The molecular weight excluding hydrogens is 451 g/mol. The Labute approximate surface area is 174 Å². The molecule has 0 aliphatic rings. The Bertz CT molecular complexity index is 1020. The third-order valence-corrected chi connectivity index (χ3v) is 4.98. The Kier molecular flexibility index (Phi) is 5.72. The molecule has 4 N–H and O–H groups in total. The van der Waals surface area contributed by atoms with Crippen LogP contribution in [0.25, 0.3) is 11.0 Å². The molecule has 0 bridgehead atoms. The highest BCUT2D eigenvalue weighted by Gasteiger charge is 2.48. The summed E-state index contributed by atoms with van der Waals surface area (Å²) in [6.45, 7) is 2.39. The largest absolute Gasteiger partial charge is 0.410 e. The molecule has 11 heteroatoms. The number of nitrogens with one attached hydrogen (secondary N) is 2. The van der Waals surface area contributed by atoms with E-state index in [2.05, 4.69) is 41.6 Å². The van der Waals surface area contributed by atoms with E-state index in [4.69, 9.17) is 5.73 Å². The van der Waals surface area contributed by atoms with Gasteiger partial charge in [0.25, 0.3) is 0 Å². The van der Waals surface area contributed by atoms with E-state index in [1.165, 1.54) is 10.9 Å². The van der Waals surface area contributed by atoms with Crippen molar-refractivity contribution in [1.82, 2.24) is 19.7 Å². The predicted octanol–water partition coefficient (Wildman–Crippen LogP) is 3.99. The summed E-state index contributed by atoms with van der Waals surface area (Å²) in [6.07, 6.45) is -3.04. The van der Waals surface area contributed by atoms with Crippen molar-refractivity contribution in [1.29, 1.82) is 0 Å². The van der Waals surface area contributed by atoms with Gasteiger partial charge >= 0.3 is 6.18 Å². The zero-order chi connectivity index (χ0) is 21.4. The van der Waals surface area contributed by atoms with Gasteiger partial charge in [0.2, 0.25) is 5.95 Å². The number of nitrogens with two attached hydrogens (primary N) is 1. The Hall–Kier alpha value is -2.40. The molecule has 0 saturated heterocycles. The summed E-state index contributed by atoms with van der Waals surface area (Å²) < 4.78 is 42.4. The summed E-state index contributed by atoms with van der Waals surface area (Å²) in [4.78, 5) is 8.61. The minimum atomic E-state index is -4.47. The van der Waals surface area contributed by atoms with Crippen molar-refractivity contribution >= 4 is 38.7 Å². The molecule has 2 aromatic heterocycles. The number of halogens is 4. The van der Waals surface area contributed by atoms with Crippen LogP contribution in [0.1, 0.15) is 25.5 Å². The van der Waals surface area contributed by atoms with Crippen LogP contribution in [0.2, 0.25) is 0 Å². The monoisotopic (exact) mass is 471 g/mol. The van der Waals surface area contributed by atoms with E-state index < -0.39 is 11.7 Å². The summed E-state index contributed by atoms with van der Waals surface area (Å²) in [7, 11) is 1.66. The highest BCUT2D eigenvalue weighted by Crippen LogP contribution is 2.34. The zero-order valence-corrected chi connectivity index (χ0v) is 17.6. The van der Waals surface area contributed by atoms with Gasteiger partial charge in [0.05, 0.1) is 11.6 Å². The quantitative estimate of drug-likeness (QED) is 0.503. The fourth-order valence-corrected chi connectivity index (χ4v) is 3.04. The van der Waals surface area contributed by atoms with E-state index in [0.29, 0.717) is 17.6 Å². The second kappa shape index (κ2) is 7.79. The van der Waals surface area contributed by atoms with Crippen LogP contribution in [-0.4, -0.2) is 38.0 Å². The summed E-state index contributed by atoms with van der Waals surface area (Å²) >= 11 is 3.40. The lowest BCUT2D eigenvalue weighted by molar-refractivity contribution is -0.168. The van der Waals surface area contributed by atoms with E-state index in [0.717, 1.165) is 23.9 Å². The number of hydrogen-bond donors (Lipinski definition) is 3. The molecule has 1 aromatic carbocycles. The van der Waals surface area contributed by atoms with Crippen LogP contribution in [0, 0.1) is 0 Å². The first-order valence-electron chi connectivity index (χ1n) is 8.77. The molecule has 0 aliphatic heterocycles. The zero-order valence-electron chi connectivity index (χ0n) is 16.0. The number of hydrogen-bond acceptors (Lipinski definition) is 6. The van der Waals surface area contributed by atoms with Crippen molar-refractivity contribution in [3.8, 4) is 0 Å². The van der Waals surface area contributed by atoms with Gasteiger partial charge in [-0.3, -0.25) is 4.68 Å². The van der Waals surface area contributed by atoms with Crippen LogP contribution in [0.15, 0.2) is 34.9 Å². The van der Waals surface area contributed by atoms with E-state index in [1.54, 1.807) is 7.05 Å². The molecular formula is C18H21BrF3N7. The van der Waals surface area contributed by atoms with Crippen molar-refractivity contribution in [2.45, 2.75) is 31.6 Å². The van der Waals surface area contributed by atoms with Gasteiger partial charge in [-0.1, -0.05) is 28.1 Å². The van der Waals surface area contributed by atoms with Crippen LogP contribution in [-0.2, 0) is 7.05 Å². The van der Waals surface area contributed by atoms with Crippen molar-refractivity contribution in [2.75, 3.05) is 17.2 Å². The SMILES string of the molecule is Cn1ncc2c(NC(C)(C)C(F)(F)F)nc(NCC(N)c3cccc(Br)c3)nc21. The second-order valence-electron chi connectivity index (χ2n) is 7.19. The maximum absolute atomic E-state index is 13.3. The molecule has 3 rings (SSSR count). The Balaban J connectivity index is 1.88. The van der Waals surface area contributed by atoms with Crippen molar-refractivity contribution in [3.05, 3.63) is 40.5 Å². The summed E-state index contributed by atoms with van der Waals surface area (Å²) in [5.41, 5.74) is 5.32. The number of aryl methyl sites for hydroxylation is 1. The molecule has 7 nitrogen and oxygen atoms in total. The molecule has 156 valence electrons. The third-order valence-electron chi connectivity index (χ3n) is 4.49. The number of alkyl halides is 3. The Morgan fingerprint density at radius 1 is 1.24 bits per heavy atom. The first-order chi connectivity index (χ1) is 13.5. The first-order valence-corrected chi connectivity index (χ1v) is 9.57. The summed E-state index contributed by atoms with van der Waals surface area (Å²) in [5, 5.41) is 9.96. The number of fused-ring (bicyclic) bond motifs is 1. The second-order valence-corrected chi connectivity index (χ2v) is 8.11. The Morgan fingerprint density at radius 3 is 2.62 bits per heavy atom. The number of aromatic nitrogens is 4. The topological polar surface area (TPSA) is 93.7 Å². The van der Waals surface area contributed by atoms with Crippen LogP contribution >= 0.6 is 15.9 Å². The lowest BCUT2D eigenvalue weighted by Crippen LogP contribution is -2.46. The fraction of sp³-hybridized carbons (Fsp3) is 0.389. The van der Waals surface area contributed by atoms with Crippen molar-refractivity contribution in [3.63, 3.8) is 0 Å². The highest BCUT2D eigenvalue weighted by atomic mass is 79.9. The lowest BCUT2D eigenvalue weighted by Gasteiger charge is -2.29.